The smallest absolute Gasteiger partial charge is 0.253 e. The van der Waals surface area contributed by atoms with Gasteiger partial charge in [0.25, 0.3) is 5.91 Å². The second-order valence-corrected chi connectivity index (χ2v) is 6.87. The van der Waals surface area contributed by atoms with Gasteiger partial charge in [0.15, 0.2) is 0 Å². The number of amides is 1. The maximum atomic E-state index is 12.7. The standard InChI is InChI=1S/C19H28N2O2/c1-20(19(22)15-9-5-3-6-10-15)17-13-21(14-18(17)23-2)16-11-7-4-8-12-16/h3,5-6,9-10,16-18H,4,7-8,11-14H2,1-2H3. The van der Waals surface area contributed by atoms with Crippen LogP contribution in [-0.2, 0) is 4.74 Å². The fourth-order valence-electron chi connectivity index (χ4n) is 4.07. The molecule has 4 nitrogen and oxygen atoms in total. The number of carbonyl (C=O) groups is 1. The summed E-state index contributed by atoms with van der Waals surface area (Å²) in [6, 6.07) is 10.3. The van der Waals surface area contributed by atoms with Crippen LogP contribution in [0, 0.1) is 0 Å². The van der Waals surface area contributed by atoms with Crippen molar-refractivity contribution in [1.82, 2.24) is 9.80 Å². The van der Waals surface area contributed by atoms with Gasteiger partial charge in [-0.1, -0.05) is 37.5 Å². The number of likely N-dealkylation sites (tertiary alicyclic amines) is 1. The lowest BCUT2D eigenvalue weighted by Gasteiger charge is -2.31. The Morgan fingerprint density at radius 1 is 1.13 bits per heavy atom. The van der Waals surface area contributed by atoms with E-state index >= 15 is 0 Å². The molecule has 1 aromatic carbocycles. The molecule has 1 aliphatic heterocycles. The Bertz CT molecular complexity index is 513. The van der Waals surface area contributed by atoms with Gasteiger partial charge < -0.3 is 9.64 Å². The molecular formula is C19H28N2O2. The van der Waals surface area contributed by atoms with Gasteiger partial charge in [0.1, 0.15) is 0 Å². The molecule has 0 radical (unpaired) electrons. The molecule has 2 fully saturated rings. The molecule has 3 rings (SSSR count). The van der Waals surface area contributed by atoms with E-state index in [1.807, 2.05) is 42.3 Å². The molecule has 23 heavy (non-hydrogen) atoms. The predicted octanol–water partition coefficient (Wildman–Crippen LogP) is 2.79. The number of methoxy groups -OCH3 is 1. The topological polar surface area (TPSA) is 32.8 Å². The Morgan fingerprint density at radius 3 is 2.48 bits per heavy atom. The number of rotatable bonds is 4. The molecule has 1 aromatic rings. The highest BCUT2D eigenvalue weighted by atomic mass is 16.5. The Labute approximate surface area is 139 Å². The second kappa shape index (κ2) is 7.45. The molecule has 0 spiro atoms. The minimum atomic E-state index is 0.0862. The van der Waals surface area contributed by atoms with Crippen molar-refractivity contribution in [2.75, 3.05) is 27.2 Å². The monoisotopic (exact) mass is 316 g/mol. The normalized spacial score (nSPS) is 26.3. The molecule has 0 N–H and O–H groups in total. The molecule has 2 atom stereocenters. The highest BCUT2D eigenvalue weighted by Crippen LogP contribution is 2.28. The molecule has 1 aliphatic carbocycles. The van der Waals surface area contributed by atoms with Crippen molar-refractivity contribution < 1.29 is 9.53 Å². The van der Waals surface area contributed by atoms with Crippen LogP contribution in [0.4, 0.5) is 0 Å². The summed E-state index contributed by atoms with van der Waals surface area (Å²) in [4.78, 5) is 17.2. The van der Waals surface area contributed by atoms with Gasteiger partial charge >= 0.3 is 0 Å². The maximum absolute atomic E-state index is 12.7. The zero-order valence-electron chi connectivity index (χ0n) is 14.3. The number of hydrogen-bond acceptors (Lipinski definition) is 3. The quantitative estimate of drug-likeness (QED) is 0.856. The summed E-state index contributed by atoms with van der Waals surface area (Å²) in [6.45, 7) is 1.87. The van der Waals surface area contributed by atoms with Crippen LogP contribution in [0.3, 0.4) is 0 Å². The van der Waals surface area contributed by atoms with E-state index in [9.17, 15) is 4.79 Å². The van der Waals surface area contributed by atoms with Crippen LogP contribution >= 0.6 is 0 Å². The summed E-state index contributed by atoms with van der Waals surface area (Å²) in [5, 5.41) is 0. The van der Waals surface area contributed by atoms with Crippen molar-refractivity contribution in [2.24, 2.45) is 0 Å². The average molecular weight is 316 g/mol. The predicted molar refractivity (Wildman–Crippen MR) is 91.6 cm³/mol. The second-order valence-electron chi connectivity index (χ2n) is 6.87. The van der Waals surface area contributed by atoms with Gasteiger partial charge in [0.2, 0.25) is 0 Å². The van der Waals surface area contributed by atoms with Gasteiger partial charge in [0.05, 0.1) is 12.1 Å². The Hall–Kier alpha value is -1.39. The summed E-state index contributed by atoms with van der Waals surface area (Å²) in [6.07, 6.45) is 6.73. The van der Waals surface area contributed by atoms with Crippen molar-refractivity contribution in [3.8, 4) is 0 Å². The Kier molecular flexibility index (Phi) is 5.34. The van der Waals surface area contributed by atoms with E-state index in [1.165, 1.54) is 32.1 Å². The summed E-state index contributed by atoms with van der Waals surface area (Å²) < 4.78 is 5.72. The van der Waals surface area contributed by atoms with Gasteiger partial charge in [-0.3, -0.25) is 9.69 Å². The first-order valence-corrected chi connectivity index (χ1v) is 8.79. The SMILES string of the molecule is COC1CN(C2CCCCC2)CC1N(C)C(=O)c1ccccc1. The van der Waals surface area contributed by atoms with Crippen LogP contribution in [0.1, 0.15) is 42.5 Å². The van der Waals surface area contributed by atoms with Crippen LogP contribution in [-0.4, -0.2) is 61.1 Å². The summed E-state index contributed by atoms with van der Waals surface area (Å²) in [5.41, 5.74) is 0.751. The molecule has 2 aliphatic rings. The highest BCUT2D eigenvalue weighted by molar-refractivity contribution is 5.94. The van der Waals surface area contributed by atoms with E-state index in [-0.39, 0.29) is 18.1 Å². The highest BCUT2D eigenvalue weighted by Gasteiger charge is 2.40. The van der Waals surface area contributed by atoms with Gasteiger partial charge in [0, 0.05) is 38.9 Å². The van der Waals surface area contributed by atoms with Gasteiger partial charge in [-0.25, -0.2) is 0 Å². The fraction of sp³-hybridized carbons (Fsp3) is 0.632. The van der Waals surface area contributed by atoms with Gasteiger partial charge in [-0.05, 0) is 25.0 Å². The lowest BCUT2D eigenvalue weighted by molar-refractivity contribution is 0.0412. The minimum Gasteiger partial charge on any atom is -0.378 e. The fourth-order valence-corrected chi connectivity index (χ4v) is 4.07. The molecular weight excluding hydrogens is 288 g/mol. The van der Waals surface area contributed by atoms with Crippen LogP contribution in [0.25, 0.3) is 0 Å². The number of hydrogen-bond donors (Lipinski definition) is 0. The van der Waals surface area contributed by atoms with E-state index < -0.39 is 0 Å². The molecule has 1 heterocycles. The van der Waals surface area contributed by atoms with Crippen molar-refractivity contribution in [1.29, 1.82) is 0 Å². The molecule has 0 aromatic heterocycles. The molecule has 1 amide bonds. The van der Waals surface area contributed by atoms with E-state index in [1.54, 1.807) is 7.11 Å². The van der Waals surface area contributed by atoms with Gasteiger partial charge in [-0.2, -0.15) is 0 Å². The lowest BCUT2D eigenvalue weighted by atomic mass is 9.94. The molecule has 0 bridgehead atoms. The van der Waals surface area contributed by atoms with Crippen LogP contribution in [0.5, 0.6) is 0 Å². The largest absolute Gasteiger partial charge is 0.378 e. The Balaban J connectivity index is 1.69. The third kappa shape index (κ3) is 3.59. The van der Waals surface area contributed by atoms with Crippen LogP contribution in [0.2, 0.25) is 0 Å². The summed E-state index contributed by atoms with van der Waals surface area (Å²) >= 11 is 0. The summed E-state index contributed by atoms with van der Waals surface area (Å²) in [7, 11) is 3.68. The number of likely N-dealkylation sites (N-methyl/N-ethyl adjacent to an activating group) is 1. The summed E-state index contributed by atoms with van der Waals surface area (Å²) in [5.74, 6) is 0.0862. The average Bonchev–Trinajstić information content (AvgIpc) is 3.06. The minimum absolute atomic E-state index is 0.0862. The van der Waals surface area contributed by atoms with Crippen LogP contribution < -0.4 is 0 Å². The van der Waals surface area contributed by atoms with Crippen molar-refractivity contribution in [3.63, 3.8) is 0 Å². The van der Waals surface area contributed by atoms with Crippen molar-refractivity contribution in [2.45, 2.75) is 50.3 Å². The first-order valence-electron chi connectivity index (χ1n) is 8.79. The number of benzene rings is 1. The Morgan fingerprint density at radius 2 is 1.83 bits per heavy atom. The van der Waals surface area contributed by atoms with Crippen molar-refractivity contribution >= 4 is 5.91 Å². The first-order chi connectivity index (χ1) is 11.2. The first kappa shape index (κ1) is 16.5. The van der Waals surface area contributed by atoms with Crippen molar-refractivity contribution in [3.05, 3.63) is 35.9 Å². The molecule has 1 saturated heterocycles. The maximum Gasteiger partial charge on any atom is 0.253 e. The number of carbonyl (C=O) groups excluding carboxylic acids is 1. The van der Waals surface area contributed by atoms with E-state index in [0.717, 1.165) is 18.7 Å². The third-order valence-electron chi connectivity index (χ3n) is 5.50. The molecule has 126 valence electrons. The van der Waals surface area contributed by atoms with E-state index in [0.29, 0.717) is 6.04 Å². The molecule has 1 saturated carbocycles. The van der Waals surface area contributed by atoms with E-state index in [2.05, 4.69) is 4.90 Å². The molecule has 4 heteroatoms. The number of ether oxygens (including phenoxy) is 1. The van der Waals surface area contributed by atoms with E-state index in [4.69, 9.17) is 4.74 Å². The molecule has 2 unspecified atom stereocenters. The van der Waals surface area contributed by atoms with Crippen LogP contribution in [0.15, 0.2) is 30.3 Å². The number of nitrogens with zero attached hydrogens (tertiary/aromatic N) is 2. The zero-order chi connectivity index (χ0) is 16.2. The third-order valence-corrected chi connectivity index (χ3v) is 5.50. The zero-order valence-corrected chi connectivity index (χ0v) is 14.3. The van der Waals surface area contributed by atoms with Gasteiger partial charge in [-0.15, -0.1) is 0 Å². The lowest BCUT2D eigenvalue weighted by Crippen LogP contribution is -2.45.